The molecule has 12 heteroatoms. The molecule has 1 saturated heterocycles. The van der Waals surface area contributed by atoms with E-state index in [0.717, 1.165) is 10.8 Å². The van der Waals surface area contributed by atoms with Crippen molar-refractivity contribution in [1.29, 1.82) is 0 Å². The van der Waals surface area contributed by atoms with E-state index in [9.17, 15) is 18.0 Å². The van der Waals surface area contributed by atoms with Crippen molar-refractivity contribution in [3.8, 4) is 0 Å². The average Bonchev–Trinajstić information content (AvgIpc) is 2.81. The van der Waals surface area contributed by atoms with E-state index in [4.69, 9.17) is 18.7 Å². The van der Waals surface area contributed by atoms with Crippen molar-refractivity contribution in [3.05, 3.63) is 32.6 Å². The van der Waals surface area contributed by atoms with Crippen molar-refractivity contribution >= 4 is 18.5 Å². The normalized spacial score (nSPS) is 24.6. The summed E-state index contributed by atoms with van der Waals surface area (Å²) in [4.78, 5) is 43.6. The maximum Gasteiger partial charge on any atom is 0.330 e. The molecule has 0 radical (unpaired) electrons. The summed E-state index contributed by atoms with van der Waals surface area (Å²) in [5, 5.41) is 0. The van der Waals surface area contributed by atoms with E-state index in [0.29, 0.717) is 5.56 Å². The Bertz CT molecular complexity index is 802. The quantitative estimate of drug-likeness (QED) is 0.426. The van der Waals surface area contributed by atoms with Crippen LogP contribution in [0.25, 0.3) is 0 Å². The fourth-order valence-corrected chi connectivity index (χ4v) is 3.63. The van der Waals surface area contributed by atoms with E-state index >= 15 is 0 Å². The molecule has 3 N–H and O–H groups in total. The summed E-state index contributed by atoms with van der Waals surface area (Å²) >= 11 is 0. The SMILES string of the molecule is Cc1cn([C@H]2C[C@@H](OS(C)(=O)=O)[C@@H](CCP(O)O)O2)c(=O)[nH]c1=O. The van der Waals surface area contributed by atoms with Crippen LogP contribution >= 0.6 is 8.38 Å². The Labute approximate surface area is 139 Å². The van der Waals surface area contributed by atoms with Gasteiger partial charge in [0.25, 0.3) is 15.7 Å². The lowest BCUT2D eigenvalue weighted by Gasteiger charge is -2.18. The highest BCUT2D eigenvalue weighted by Gasteiger charge is 2.39. The highest BCUT2D eigenvalue weighted by Crippen LogP contribution is 2.35. The molecule has 1 aromatic rings. The van der Waals surface area contributed by atoms with E-state index in [1.54, 1.807) is 0 Å². The van der Waals surface area contributed by atoms with Crippen LogP contribution in [0.2, 0.25) is 0 Å². The number of aromatic amines is 1. The standard InChI is InChI=1S/C12H19N2O8PS/c1-7-6-14(12(16)13-11(7)15)10-5-9(22-24(2,19)20)8(21-10)3-4-23(17)18/h6,8-10,17-18H,3-5H2,1-2H3,(H,13,15,16)/t8-,9-,10-/m1/s1. The molecule has 1 fully saturated rings. The molecule has 1 aliphatic heterocycles. The largest absolute Gasteiger partial charge is 0.352 e. The minimum absolute atomic E-state index is 0.0237. The third-order valence-electron chi connectivity index (χ3n) is 3.55. The zero-order valence-corrected chi connectivity index (χ0v) is 14.8. The number of H-pyrrole nitrogens is 1. The molecule has 1 aromatic heterocycles. The van der Waals surface area contributed by atoms with Gasteiger partial charge in [-0.15, -0.1) is 0 Å². The van der Waals surface area contributed by atoms with Crippen molar-refractivity contribution in [3.63, 3.8) is 0 Å². The van der Waals surface area contributed by atoms with Gasteiger partial charge in [-0.1, -0.05) is 0 Å². The minimum Gasteiger partial charge on any atom is -0.352 e. The molecule has 24 heavy (non-hydrogen) atoms. The van der Waals surface area contributed by atoms with E-state index in [2.05, 4.69) is 4.98 Å². The van der Waals surface area contributed by atoms with E-state index in [1.807, 2.05) is 0 Å². The van der Waals surface area contributed by atoms with Gasteiger partial charge in [-0.05, 0) is 13.3 Å². The Hall–Kier alpha value is -1.10. The van der Waals surface area contributed by atoms with Crippen LogP contribution in [-0.4, -0.2) is 52.4 Å². The van der Waals surface area contributed by atoms with Gasteiger partial charge in [0.05, 0.1) is 12.4 Å². The van der Waals surface area contributed by atoms with Crippen molar-refractivity contribution in [2.24, 2.45) is 0 Å². The number of ether oxygens (including phenoxy) is 1. The summed E-state index contributed by atoms with van der Waals surface area (Å²) in [5.41, 5.74) is -0.890. The first kappa shape index (κ1) is 19.2. The summed E-state index contributed by atoms with van der Waals surface area (Å²) < 4.78 is 34.6. The molecule has 0 spiro atoms. The lowest BCUT2D eigenvalue weighted by molar-refractivity contribution is -0.0171. The molecule has 0 saturated carbocycles. The summed E-state index contributed by atoms with van der Waals surface area (Å²) in [6.45, 7) is 1.52. The Kier molecular flexibility index (Phi) is 5.95. The average molecular weight is 382 g/mol. The van der Waals surface area contributed by atoms with Crippen molar-refractivity contribution in [2.75, 3.05) is 12.4 Å². The second-order valence-electron chi connectivity index (χ2n) is 5.57. The number of rotatable bonds is 6. The fourth-order valence-electron chi connectivity index (χ4n) is 2.50. The van der Waals surface area contributed by atoms with E-state index in [-0.39, 0.29) is 19.0 Å². The fraction of sp³-hybridized carbons (Fsp3) is 0.667. The van der Waals surface area contributed by atoms with Gasteiger partial charge in [-0.3, -0.25) is 18.5 Å². The number of hydrogen-bond acceptors (Lipinski definition) is 8. The van der Waals surface area contributed by atoms with Crippen LogP contribution in [0, 0.1) is 6.92 Å². The molecule has 1 aliphatic rings. The van der Waals surface area contributed by atoms with Gasteiger partial charge in [0.15, 0.2) is 8.38 Å². The lowest BCUT2D eigenvalue weighted by Crippen LogP contribution is -2.33. The zero-order chi connectivity index (χ0) is 18.1. The summed E-state index contributed by atoms with van der Waals surface area (Å²) in [6.07, 6.45) is 0.0657. The van der Waals surface area contributed by atoms with Crippen LogP contribution in [-0.2, 0) is 19.0 Å². The molecule has 0 aromatic carbocycles. The van der Waals surface area contributed by atoms with Crippen LogP contribution in [0.15, 0.2) is 15.8 Å². The van der Waals surface area contributed by atoms with Crippen molar-refractivity contribution < 1.29 is 27.1 Å². The highest BCUT2D eigenvalue weighted by atomic mass is 32.2. The van der Waals surface area contributed by atoms with Gasteiger partial charge < -0.3 is 14.5 Å². The van der Waals surface area contributed by atoms with Crippen molar-refractivity contribution in [2.45, 2.75) is 38.2 Å². The first-order valence-corrected chi connectivity index (χ1v) is 10.3. The Morgan fingerprint density at radius 1 is 1.46 bits per heavy atom. The third-order valence-corrected chi connectivity index (χ3v) is 4.80. The Morgan fingerprint density at radius 3 is 2.71 bits per heavy atom. The third kappa shape index (κ3) is 4.95. The molecule has 2 rings (SSSR count). The number of nitrogens with one attached hydrogen (secondary N) is 1. The molecule has 0 unspecified atom stereocenters. The topological polar surface area (TPSA) is 148 Å². The van der Waals surface area contributed by atoms with Crippen LogP contribution in [0.1, 0.15) is 24.6 Å². The molecule has 3 atom stereocenters. The first-order valence-electron chi connectivity index (χ1n) is 7.08. The van der Waals surface area contributed by atoms with Gasteiger partial charge in [0.1, 0.15) is 12.3 Å². The molecule has 136 valence electrons. The molecular formula is C12H19N2O8PS. The molecule has 0 aliphatic carbocycles. The maximum atomic E-state index is 11.9. The van der Waals surface area contributed by atoms with Crippen LogP contribution in [0.5, 0.6) is 0 Å². The van der Waals surface area contributed by atoms with Crippen molar-refractivity contribution in [1.82, 2.24) is 9.55 Å². The van der Waals surface area contributed by atoms with Gasteiger partial charge in [0, 0.05) is 24.3 Å². The minimum atomic E-state index is -3.75. The maximum absolute atomic E-state index is 11.9. The van der Waals surface area contributed by atoms with Gasteiger partial charge in [0.2, 0.25) is 0 Å². The van der Waals surface area contributed by atoms with Gasteiger partial charge >= 0.3 is 5.69 Å². The number of nitrogens with zero attached hydrogens (tertiary/aromatic N) is 1. The van der Waals surface area contributed by atoms with Crippen LogP contribution in [0.4, 0.5) is 0 Å². The smallest absolute Gasteiger partial charge is 0.330 e. The summed E-state index contributed by atoms with van der Waals surface area (Å²) in [6, 6.07) is 0. The van der Waals surface area contributed by atoms with Crippen LogP contribution < -0.4 is 11.2 Å². The van der Waals surface area contributed by atoms with Gasteiger partial charge in [-0.2, -0.15) is 8.42 Å². The predicted octanol–water partition coefficient (Wildman–Crippen LogP) is -0.836. The molecule has 0 amide bonds. The van der Waals surface area contributed by atoms with Gasteiger partial charge in [-0.25, -0.2) is 4.79 Å². The molecule has 10 nitrogen and oxygen atoms in total. The second kappa shape index (κ2) is 7.42. The monoisotopic (exact) mass is 382 g/mol. The Balaban J connectivity index is 2.26. The molecule has 0 bridgehead atoms. The lowest BCUT2D eigenvalue weighted by atomic mass is 10.1. The predicted molar refractivity (Wildman–Crippen MR) is 85.1 cm³/mol. The number of aromatic nitrogens is 2. The first-order chi connectivity index (χ1) is 11.1. The van der Waals surface area contributed by atoms with Crippen LogP contribution in [0.3, 0.4) is 0 Å². The summed E-state index contributed by atoms with van der Waals surface area (Å²) in [7, 11) is -5.91. The van der Waals surface area contributed by atoms with E-state index in [1.165, 1.54) is 13.1 Å². The number of hydrogen-bond donors (Lipinski definition) is 3. The van der Waals surface area contributed by atoms with E-state index < -0.39 is 48.2 Å². The summed E-state index contributed by atoms with van der Waals surface area (Å²) in [5.74, 6) is 0. The second-order valence-corrected chi connectivity index (χ2v) is 8.36. The highest BCUT2D eigenvalue weighted by molar-refractivity contribution is 7.86. The molecule has 2 heterocycles. The Morgan fingerprint density at radius 2 is 2.12 bits per heavy atom. The zero-order valence-electron chi connectivity index (χ0n) is 13.1. The number of aryl methyl sites for hydroxylation is 1. The molecular weight excluding hydrogens is 363 g/mol.